The van der Waals surface area contributed by atoms with E-state index in [9.17, 15) is 14.7 Å². The minimum atomic E-state index is -0.334. The first-order chi connectivity index (χ1) is 17.1. The van der Waals surface area contributed by atoms with Crippen LogP contribution < -0.4 is 0 Å². The Balaban J connectivity index is 1.27. The quantitative estimate of drug-likeness (QED) is 0.568. The summed E-state index contributed by atoms with van der Waals surface area (Å²) in [5.41, 5.74) is 1.67. The van der Waals surface area contributed by atoms with E-state index in [1.807, 2.05) is 0 Å². The van der Waals surface area contributed by atoms with Gasteiger partial charge in [-0.3, -0.25) is 14.5 Å². The molecular weight excluding hydrogens is 448 g/mol. The number of nitrogens with zero attached hydrogens (tertiary/aromatic N) is 2. The fourth-order valence-electron chi connectivity index (χ4n) is 11.3. The van der Waals surface area contributed by atoms with E-state index in [1.54, 1.807) is 17.4 Å². The predicted molar refractivity (Wildman–Crippen MR) is 139 cm³/mol. The van der Waals surface area contributed by atoms with Crippen molar-refractivity contribution < 1.29 is 14.7 Å². The molecule has 0 aromatic carbocycles. The Kier molecular flexibility index (Phi) is 4.96. The molecule has 0 aromatic heterocycles. The molecule has 5 fully saturated rings. The van der Waals surface area contributed by atoms with Gasteiger partial charge in [0.1, 0.15) is 0 Å². The molecule has 6 aliphatic carbocycles. The highest BCUT2D eigenvalue weighted by Crippen LogP contribution is 2.73. The first-order valence-electron chi connectivity index (χ1n) is 14.7. The zero-order valence-corrected chi connectivity index (χ0v) is 22.5. The Hall–Kier alpha value is -1.46. The van der Waals surface area contributed by atoms with Gasteiger partial charge < -0.3 is 10.0 Å². The van der Waals surface area contributed by atoms with Gasteiger partial charge in [0.25, 0.3) is 0 Å². The van der Waals surface area contributed by atoms with Crippen LogP contribution in [0, 0.1) is 39.4 Å². The number of hydrogen-bond donors (Lipinski definition) is 1. The molecule has 36 heavy (non-hydrogen) atoms. The number of hydrogen-bond acceptors (Lipinski definition) is 4. The molecule has 1 spiro atoms. The van der Waals surface area contributed by atoms with Crippen molar-refractivity contribution in [2.45, 2.75) is 96.6 Å². The number of carbonyl (C=O) groups excluding carboxylic acids is 2. The summed E-state index contributed by atoms with van der Waals surface area (Å²) < 4.78 is 0. The first kappa shape index (κ1) is 23.6. The smallest absolute Gasteiger partial charge is 0.236 e. The maximum atomic E-state index is 14.3. The molecule has 5 nitrogen and oxygen atoms in total. The van der Waals surface area contributed by atoms with Crippen LogP contribution in [0.4, 0.5) is 0 Å². The molecule has 1 N–H and O–H groups in total. The molecule has 4 bridgehead atoms. The van der Waals surface area contributed by atoms with E-state index in [0.717, 1.165) is 51.5 Å². The van der Waals surface area contributed by atoms with Crippen LogP contribution in [0.3, 0.4) is 0 Å². The topological polar surface area (TPSA) is 60.9 Å². The fourth-order valence-corrected chi connectivity index (χ4v) is 11.3. The van der Waals surface area contributed by atoms with Crippen LogP contribution in [0.25, 0.3) is 0 Å². The molecule has 2 amide bonds. The Morgan fingerprint density at radius 1 is 1.11 bits per heavy atom. The predicted octanol–water partition coefficient (Wildman–Crippen LogP) is 4.71. The number of imide groups is 1. The first-order valence-corrected chi connectivity index (χ1v) is 14.7. The number of rotatable bonds is 2. The molecule has 196 valence electrons. The van der Waals surface area contributed by atoms with Crippen LogP contribution in [0.2, 0.25) is 0 Å². The molecule has 2 heterocycles. The maximum Gasteiger partial charge on any atom is 0.236 e. The van der Waals surface area contributed by atoms with Crippen molar-refractivity contribution in [3.63, 3.8) is 0 Å². The minimum Gasteiger partial charge on any atom is -0.389 e. The molecule has 0 radical (unpaired) electrons. The zero-order valence-electron chi connectivity index (χ0n) is 22.5. The van der Waals surface area contributed by atoms with Crippen LogP contribution in [-0.2, 0) is 9.59 Å². The summed E-state index contributed by atoms with van der Waals surface area (Å²) in [6, 6.07) is 0.421. The Morgan fingerprint density at radius 2 is 1.92 bits per heavy atom. The summed E-state index contributed by atoms with van der Waals surface area (Å²) >= 11 is 0. The third kappa shape index (κ3) is 2.91. The molecule has 2 saturated heterocycles. The third-order valence-electron chi connectivity index (χ3n) is 12.8. The average Bonchev–Trinajstić information content (AvgIpc) is 3.16. The second-order valence-electron chi connectivity index (χ2n) is 14.3. The summed E-state index contributed by atoms with van der Waals surface area (Å²) in [4.78, 5) is 31.1. The standard InChI is InChI=1S/C31H44N2O3/c1-20(34)33-19-28(2)8-4-9-31(27(33)36)24(28)7-12-29-10-5-21(15-25(29)31)22(17-29)18-30-11-6-23(35)16-26(30)32(3)14-13-30/h6,11,17,21,23-26,35H,4-5,7-10,12-16,18-19H2,1-3H3. The highest BCUT2D eigenvalue weighted by Gasteiger charge is 2.71. The van der Waals surface area contributed by atoms with Crippen LogP contribution in [0.1, 0.15) is 84.5 Å². The summed E-state index contributed by atoms with van der Waals surface area (Å²) in [5, 5.41) is 10.4. The van der Waals surface area contributed by atoms with E-state index in [-0.39, 0.29) is 39.6 Å². The lowest BCUT2D eigenvalue weighted by Gasteiger charge is -2.69. The van der Waals surface area contributed by atoms with Crippen molar-refractivity contribution in [2.75, 3.05) is 20.1 Å². The summed E-state index contributed by atoms with van der Waals surface area (Å²) in [7, 11) is 2.23. The van der Waals surface area contributed by atoms with Gasteiger partial charge in [-0.2, -0.15) is 0 Å². The average molecular weight is 493 g/mol. The van der Waals surface area contributed by atoms with Crippen LogP contribution >= 0.6 is 0 Å². The maximum absolute atomic E-state index is 14.3. The van der Waals surface area contributed by atoms with Crippen molar-refractivity contribution in [1.82, 2.24) is 9.80 Å². The Labute approximate surface area is 216 Å². The molecule has 9 atom stereocenters. The molecule has 0 aromatic rings. The van der Waals surface area contributed by atoms with E-state index < -0.39 is 0 Å². The van der Waals surface area contributed by atoms with Crippen molar-refractivity contribution in [2.24, 2.45) is 39.4 Å². The summed E-state index contributed by atoms with van der Waals surface area (Å²) in [6.07, 6.45) is 19.2. The van der Waals surface area contributed by atoms with Crippen molar-refractivity contribution in [3.8, 4) is 0 Å². The van der Waals surface area contributed by atoms with Gasteiger partial charge >= 0.3 is 0 Å². The lowest BCUT2D eigenvalue weighted by molar-refractivity contribution is -0.210. The van der Waals surface area contributed by atoms with Gasteiger partial charge in [-0.1, -0.05) is 37.1 Å². The largest absolute Gasteiger partial charge is 0.389 e. The van der Waals surface area contributed by atoms with Crippen LogP contribution in [-0.4, -0.2) is 59.0 Å². The van der Waals surface area contributed by atoms with Crippen molar-refractivity contribution in [3.05, 3.63) is 23.8 Å². The second-order valence-corrected chi connectivity index (χ2v) is 14.3. The lowest BCUT2D eigenvalue weighted by atomic mass is 9.36. The van der Waals surface area contributed by atoms with Gasteiger partial charge in [-0.15, -0.1) is 0 Å². The molecule has 9 unspecified atom stereocenters. The number of carbonyl (C=O) groups is 2. The minimum absolute atomic E-state index is 0.0514. The van der Waals surface area contributed by atoms with Crippen molar-refractivity contribution >= 4 is 11.8 Å². The second kappa shape index (κ2) is 7.56. The van der Waals surface area contributed by atoms with E-state index in [2.05, 4.69) is 37.1 Å². The lowest BCUT2D eigenvalue weighted by Crippen LogP contribution is -2.71. The monoisotopic (exact) mass is 492 g/mol. The number of piperidine rings is 1. The molecule has 5 heteroatoms. The van der Waals surface area contributed by atoms with E-state index in [0.29, 0.717) is 30.3 Å². The molecular formula is C31H44N2O3. The number of aliphatic hydroxyl groups excluding tert-OH is 1. The number of fused-ring (bicyclic) bond motifs is 2. The van der Waals surface area contributed by atoms with Crippen LogP contribution in [0.15, 0.2) is 23.8 Å². The number of aliphatic hydroxyl groups is 1. The highest BCUT2D eigenvalue weighted by atomic mass is 16.3. The molecule has 8 aliphatic rings. The van der Waals surface area contributed by atoms with E-state index in [1.165, 1.54) is 25.7 Å². The van der Waals surface area contributed by atoms with Gasteiger partial charge in [0.05, 0.1) is 11.5 Å². The van der Waals surface area contributed by atoms with Gasteiger partial charge in [-0.25, -0.2) is 0 Å². The van der Waals surface area contributed by atoms with Crippen molar-refractivity contribution in [1.29, 1.82) is 0 Å². The molecule has 8 rings (SSSR count). The highest BCUT2D eigenvalue weighted by molar-refractivity contribution is 5.98. The summed E-state index contributed by atoms with van der Waals surface area (Å²) in [6.45, 7) is 5.72. The van der Waals surface area contributed by atoms with Gasteiger partial charge in [0.15, 0.2) is 0 Å². The number of allylic oxidation sites excluding steroid dienone is 2. The zero-order chi connectivity index (χ0) is 25.1. The van der Waals surface area contributed by atoms with E-state index in [4.69, 9.17) is 0 Å². The molecule has 3 saturated carbocycles. The van der Waals surface area contributed by atoms with Gasteiger partial charge in [-0.05, 0) is 106 Å². The Bertz CT molecular complexity index is 1070. The molecule has 2 aliphatic heterocycles. The fraction of sp³-hybridized carbons (Fsp3) is 0.806. The number of likely N-dealkylation sites (tertiary alicyclic amines) is 2. The SMILES string of the molecule is CC(=O)N1CC2(C)CCCC3(C1=O)C2CCC12C=C(CC45C=CC(O)CC4N(C)CC5)C(CC1)CC23. The Morgan fingerprint density at radius 3 is 2.72 bits per heavy atom. The van der Waals surface area contributed by atoms with Gasteiger partial charge in [0, 0.05) is 24.9 Å². The number of amides is 2. The third-order valence-corrected chi connectivity index (χ3v) is 12.8. The normalized spacial score (nSPS) is 51.4. The summed E-state index contributed by atoms with van der Waals surface area (Å²) in [5.74, 6) is 1.53. The van der Waals surface area contributed by atoms with E-state index >= 15 is 0 Å². The van der Waals surface area contributed by atoms with Gasteiger partial charge in [0.2, 0.25) is 11.8 Å². The van der Waals surface area contributed by atoms with Crippen LogP contribution in [0.5, 0.6) is 0 Å².